The summed E-state index contributed by atoms with van der Waals surface area (Å²) >= 11 is 0. The number of nitrogens with one attached hydrogen (secondary N) is 1. The minimum Gasteiger partial charge on any atom is -0.508 e. The Balaban J connectivity index is 1.71. The lowest BCUT2D eigenvalue weighted by Crippen LogP contribution is -2.42. The van der Waals surface area contributed by atoms with Crippen molar-refractivity contribution in [3.8, 4) is 17.2 Å². The van der Waals surface area contributed by atoms with Gasteiger partial charge in [-0.25, -0.2) is 10.4 Å². The molecule has 1 aromatic heterocycles. The molecule has 0 saturated heterocycles. The average Bonchev–Trinajstić information content (AvgIpc) is 3.13. The minimum absolute atomic E-state index is 0.00723. The van der Waals surface area contributed by atoms with Crippen molar-refractivity contribution in [2.45, 2.75) is 33.1 Å². The zero-order chi connectivity index (χ0) is 19.7. The molecule has 2 heterocycles. The monoisotopic (exact) mass is 377 g/mol. The predicted molar refractivity (Wildman–Crippen MR) is 108 cm³/mol. The minimum atomic E-state index is -0.0551. The molecule has 1 aliphatic rings. The van der Waals surface area contributed by atoms with Gasteiger partial charge in [-0.05, 0) is 49.2 Å². The molecule has 144 valence electrons. The molecule has 0 saturated carbocycles. The van der Waals surface area contributed by atoms with Crippen molar-refractivity contribution in [1.82, 2.24) is 10.4 Å². The number of phenolic OH excluding ortho intramolecular Hbond substituents is 1. The van der Waals surface area contributed by atoms with Gasteiger partial charge < -0.3 is 9.52 Å². The van der Waals surface area contributed by atoms with E-state index < -0.39 is 0 Å². The SMILES string of the molecule is CCC[C@@H]1C(=O)NN=C(c2ccc3nc(-c4ccc(O)cc4)oc3c2)[C@H]1CC. The van der Waals surface area contributed by atoms with Crippen LogP contribution in [0.5, 0.6) is 5.75 Å². The topological polar surface area (TPSA) is 87.7 Å². The summed E-state index contributed by atoms with van der Waals surface area (Å²) in [7, 11) is 0. The first kappa shape index (κ1) is 18.2. The fraction of sp³-hybridized carbons (Fsp3) is 0.318. The normalized spacial score (nSPS) is 19.5. The summed E-state index contributed by atoms with van der Waals surface area (Å²) in [6.07, 6.45) is 2.65. The second-order valence-electron chi connectivity index (χ2n) is 7.13. The maximum atomic E-state index is 12.3. The van der Waals surface area contributed by atoms with Gasteiger partial charge in [-0.2, -0.15) is 5.10 Å². The number of hydrogen-bond acceptors (Lipinski definition) is 5. The number of hydrogen-bond donors (Lipinski definition) is 2. The molecule has 6 nitrogen and oxygen atoms in total. The van der Waals surface area contributed by atoms with Crippen LogP contribution in [0.25, 0.3) is 22.6 Å². The third-order valence-electron chi connectivity index (χ3n) is 5.30. The lowest BCUT2D eigenvalue weighted by molar-refractivity contribution is -0.126. The first-order valence-corrected chi connectivity index (χ1v) is 9.68. The predicted octanol–water partition coefficient (Wildman–Crippen LogP) is 4.48. The van der Waals surface area contributed by atoms with Crippen molar-refractivity contribution < 1.29 is 14.3 Å². The van der Waals surface area contributed by atoms with Crippen molar-refractivity contribution in [1.29, 1.82) is 0 Å². The fourth-order valence-corrected chi connectivity index (χ4v) is 3.87. The quantitative estimate of drug-likeness (QED) is 0.686. The zero-order valence-electron chi connectivity index (χ0n) is 16.0. The van der Waals surface area contributed by atoms with E-state index in [2.05, 4.69) is 29.4 Å². The van der Waals surface area contributed by atoms with Crippen LogP contribution in [0.4, 0.5) is 0 Å². The highest BCUT2D eigenvalue weighted by molar-refractivity contribution is 6.07. The van der Waals surface area contributed by atoms with E-state index in [1.807, 2.05) is 18.2 Å². The summed E-state index contributed by atoms with van der Waals surface area (Å²) in [6, 6.07) is 12.6. The third kappa shape index (κ3) is 3.26. The van der Waals surface area contributed by atoms with Gasteiger partial charge in [0.2, 0.25) is 11.8 Å². The Morgan fingerprint density at radius 3 is 2.54 bits per heavy atom. The molecule has 0 bridgehead atoms. The van der Waals surface area contributed by atoms with Crippen LogP contribution in [-0.4, -0.2) is 21.7 Å². The van der Waals surface area contributed by atoms with Crippen LogP contribution in [0.2, 0.25) is 0 Å². The Morgan fingerprint density at radius 2 is 1.82 bits per heavy atom. The van der Waals surface area contributed by atoms with E-state index in [1.165, 1.54) is 0 Å². The Bertz CT molecular complexity index is 1040. The van der Waals surface area contributed by atoms with E-state index in [1.54, 1.807) is 24.3 Å². The maximum Gasteiger partial charge on any atom is 0.243 e. The second-order valence-corrected chi connectivity index (χ2v) is 7.13. The Morgan fingerprint density at radius 1 is 1.07 bits per heavy atom. The first-order chi connectivity index (χ1) is 13.6. The zero-order valence-corrected chi connectivity index (χ0v) is 16.0. The van der Waals surface area contributed by atoms with Gasteiger partial charge in [-0.1, -0.05) is 26.3 Å². The van der Waals surface area contributed by atoms with Crippen LogP contribution >= 0.6 is 0 Å². The molecule has 4 rings (SSSR count). The van der Waals surface area contributed by atoms with Crippen LogP contribution in [0.3, 0.4) is 0 Å². The summed E-state index contributed by atoms with van der Waals surface area (Å²) in [6.45, 7) is 4.19. The van der Waals surface area contributed by atoms with Crippen molar-refractivity contribution in [3.63, 3.8) is 0 Å². The number of fused-ring (bicyclic) bond motifs is 1. The molecule has 2 aromatic carbocycles. The number of aromatic nitrogens is 1. The molecular weight excluding hydrogens is 354 g/mol. The average molecular weight is 377 g/mol. The number of carbonyl (C=O) groups excluding carboxylic acids is 1. The number of phenols is 1. The van der Waals surface area contributed by atoms with Gasteiger partial charge in [0, 0.05) is 23.0 Å². The van der Waals surface area contributed by atoms with E-state index in [-0.39, 0.29) is 23.5 Å². The number of hydrazone groups is 1. The third-order valence-corrected chi connectivity index (χ3v) is 5.30. The van der Waals surface area contributed by atoms with Crippen LogP contribution in [-0.2, 0) is 4.79 Å². The van der Waals surface area contributed by atoms with Crippen LogP contribution in [0.1, 0.15) is 38.7 Å². The standard InChI is InChI=1S/C22H23N3O3/c1-3-5-17-16(4-2)20(24-25-21(17)27)14-8-11-18-19(12-14)28-22(23-18)13-6-9-15(26)10-7-13/h6-12,16-17,26H,3-5H2,1-2H3,(H,25,27)/t16-,17-/m0/s1. The van der Waals surface area contributed by atoms with Gasteiger partial charge in [0.05, 0.1) is 5.71 Å². The molecule has 2 atom stereocenters. The number of oxazole rings is 1. The van der Waals surface area contributed by atoms with Crippen LogP contribution in [0.15, 0.2) is 52.0 Å². The molecule has 0 spiro atoms. The smallest absolute Gasteiger partial charge is 0.243 e. The van der Waals surface area contributed by atoms with E-state index in [4.69, 9.17) is 4.42 Å². The molecule has 1 amide bonds. The Labute approximate surface area is 163 Å². The second kappa shape index (κ2) is 7.46. The van der Waals surface area contributed by atoms with Crippen molar-refractivity contribution in [2.75, 3.05) is 0 Å². The lowest BCUT2D eigenvalue weighted by atomic mass is 9.79. The first-order valence-electron chi connectivity index (χ1n) is 9.68. The molecule has 6 heteroatoms. The molecule has 0 fully saturated rings. The summed E-state index contributed by atoms with van der Waals surface area (Å²) in [4.78, 5) is 16.8. The molecule has 2 N–H and O–H groups in total. The molecule has 0 unspecified atom stereocenters. The lowest BCUT2D eigenvalue weighted by Gasteiger charge is -2.30. The van der Waals surface area contributed by atoms with Crippen LogP contribution in [0, 0.1) is 11.8 Å². The number of nitrogens with zero attached hydrogens (tertiary/aromatic N) is 2. The van der Waals surface area contributed by atoms with E-state index >= 15 is 0 Å². The summed E-state index contributed by atoms with van der Waals surface area (Å²) in [5, 5.41) is 13.8. The van der Waals surface area contributed by atoms with Crippen LogP contribution < -0.4 is 5.43 Å². The number of aromatic hydroxyl groups is 1. The van der Waals surface area contributed by atoms with E-state index in [0.717, 1.165) is 41.6 Å². The maximum absolute atomic E-state index is 12.3. The highest BCUT2D eigenvalue weighted by atomic mass is 16.3. The molecular formula is C22H23N3O3. The van der Waals surface area contributed by atoms with Crippen molar-refractivity contribution in [3.05, 3.63) is 48.0 Å². The molecule has 0 aliphatic carbocycles. The largest absolute Gasteiger partial charge is 0.508 e. The van der Waals surface area contributed by atoms with E-state index in [9.17, 15) is 9.90 Å². The molecule has 28 heavy (non-hydrogen) atoms. The van der Waals surface area contributed by atoms with Gasteiger partial charge in [-0.3, -0.25) is 4.79 Å². The molecule has 3 aromatic rings. The number of carbonyl (C=O) groups is 1. The molecule has 0 radical (unpaired) electrons. The van der Waals surface area contributed by atoms with Gasteiger partial charge in [0.1, 0.15) is 11.3 Å². The Hall–Kier alpha value is -3.15. The summed E-state index contributed by atoms with van der Waals surface area (Å²) < 4.78 is 5.95. The highest BCUT2D eigenvalue weighted by Crippen LogP contribution is 2.31. The number of benzene rings is 2. The Kier molecular flexibility index (Phi) is 4.86. The summed E-state index contributed by atoms with van der Waals surface area (Å²) in [5.41, 5.74) is 6.75. The van der Waals surface area contributed by atoms with Gasteiger partial charge >= 0.3 is 0 Å². The summed E-state index contributed by atoms with van der Waals surface area (Å²) in [5.74, 6) is 0.743. The highest BCUT2D eigenvalue weighted by Gasteiger charge is 2.34. The fourth-order valence-electron chi connectivity index (χ4n) is 3.87. The van der Waals surface area contributed by atoms with Crippen molar-refractivity contribution >= 4 is 22.7 Å². The van der Waals surface area contributed by atoms with Gasteiger partial charge in [0.25, 0.3) is 0 Å². The molecule has 1 aliphatic heterocycles. The number of rotatable bonds is 5. The van der Waals surface area contributed by atoms with Gasteiger partial charge in [0.15, 0.2) is 5.58 Å². The number of amides is 1. The van der Waals surface area contributed by atoms with Gasteiger partial charge in [-0.15, -0.1) is 0 Å². The van der Waals surface area contributed by atoms with E-state index in [0.29, 0.717) is 11.5 Å². The van der Waals surface area contributed by atoms with Crippen molar-refractivity contribution in [2.24, 2.45) is 16.9 Å².